The van der Waals surface area contributed by atoms with Crippen LogP contribution in [0.15, 0.2) is 48.5 Å². The zero-order chi connectivity index (χ0) is 13.7. The molecule has 1 amide bonds. The largest absolute Gasteiger partial charge is 0.457 e. The summed E-state index contributed by atoms with van der Waals surface area (Å²) in [5.74, 6) is 0.646. The molecular formula is C15H16N2O2. The standard InChI is InChI=1S/C15H16N2O2/c1-17-10-11-6-8-12(9-7-11)19-14-5-3-2-4-13(14)15(16)18/h2-9,17H,10H2,1H3,(H2,16,18). The first-order chi connectivity index (χ1) is 9.20. The van der Waals surface area contributed by atoms with Gasteiger partial charge in [0.2, 0.25) is 0 Å². The number of carbonyl (C=O) groups excluding carboxylic acids is 1. The summed E-state index contributed by atoms with van der Waals surface area (Å²) >= 11 is 0. The highest BCUT2D eigenvalue weighted by Crippen LogP contribution is 2.25. The minimum absolute atomic E-state index is 0.377. The van der Waals surface area contributed by atoms with E-state index in [9.17, 15) is 4.79 Å². The van der Waals surface area contributed by atoms with E-state index >= 15 is 0 Å². The van der Waals surface area contributed by atoms with Crippen LogP contribution < -0.4 is 15.8 Å². The maximum Gasteiger partial charge on any atom is 0.252 e. The van der Waals surface area contributed by atoms with Gasteiger partial charge in [0.15, 0.2) is 0 Å². The Morgan fingerprint density at radius 3 is 2.47 bits per heavy atom. The summed E-state index contributed by atoms with van der Waals surface area (Å²) < 4.78 is 5.68. The van der Waals surface area contributed by atoms with Crippen molar-refractivity contribution in [2.75, 3.05) is 7.05 Å². The van der Waals surface area contributed by atoms with Crippen molar-refractivity contribution in [3.63, 3.8) is 0 Å². The molecule has 2 aromatic carbocycles. The predicted molar refractivity (Wildman–Crippen MR) is 74.2 cm³/mol. The average molecular weight is 256 g/mol. The number of nitrogens with one attached hydrogen (secondary N) is 1. The number of carbonyl (C=O) groups is 1. The number of para-hydroxylation sites is 1. The highest BCUT2D eigenvalue weighted by atomic mass is 16.5. The van der Waals surface area contributed by atoms with Crippen molar-refractivity contribution in [3.05, 3.63) is 59.7 Å². The fourth-order valence-electron chi connectivity index (χ4n) is 1.77. The SMILES string of the molecule is CNCc1ccc(Oc2ccccc2C(N)=O)cc1. The van der Waals surface area contributed by atoms with Gasteiger partial charge in [0, 0.05) is 6.54 Å². The number of ether oxygens (including phenoxy) is 1. The van der Waals surface area contributed by atoms with Gasteiger partial charge in [0.25, 0.3) is 5.91 Å². The Balaban J connectivity index is 2.19. The topological polar surface area (TPSA) is 64.3 Å². The minimum atomic E-state index is -0.498. The summed E-state index contributed by atoms with van der Waals surface area (Å²) in [6.45, 7) is 0.804. The van der Waals surface area contributed by atoms with Crippen LogP contribution in [0.5, 0.6) is 11.5 Å². The third-order valence-electron chi connectivity index (χ3n) is 2.68. The summed E-state index contributed by atoms with van der Waals surface area (Å²) in [5.41, 5.74) is 6.85. The van der Waals surface area contributed by atoms with Crippen molar-refractivity contribution in [3.8, 4) is 11.5 Å². The van der Waals surface area contributed by atoms with E-state index in [4.69, 9.17) is 10.5 Å². The van der Waals surface area contributed by atoms with Gasteiger partial charge in [0.05, 0.1) is 5.56 Å². The van der Waals surface area contributed by atoms with E-state index in [1.807, 2.05) is 31.3 Å². The summed E-state index contributed by atoms with van der Waals surface area (Å²) in [5, 5.41) is 3.08. The van der Waals surface area contributed by atoms with E-state index in [2.05, 4.69) is 5.32 Å². The van der Waals surface area contributed by atoms with Crippen LogP contribution in [0.1, 0.15) is 15.9 Å². The van der Waals surface area contributed by atoms with Crippen molar-refractivity contribution < 1.29 is 9.53 Å². The number of nitrogens with two attached hydrogens (primary N) is 1. The van der Waals surface area contributed by atoms with E-state index in [1.165, 1.54) is 0 Å². The van der Waals surface area contributed by atoms with Crippen LogP contribution in [-0.4, -0.2) is 13.0 Å². The Labute approximate surface area is 112 Å². The van der Waals surface area contributed by atoms with Gasteiger partial charge in [-0.3, -0.25) is 4.79 Å². The van der Waals surface area contributed by atoms with E-state index < -0.39 is 5.91 Å². The van der Waals surface area contributed by atoms with Crippen molar-refractivity contribution in [2.45, 2.75) is 6.54 Å². The minimum Gasteiger partial charge on any atom is -0.457 e. The molecule has 98 valence electrons. The number of amides is 1. The molecular weight excluding hydrogens is 240 g/mol. The van der Waals surface area contributed by atoms with Gasteiger partial charge < -0.3 is 15.8 Å². The van der Waals surface area contributed by atoms with Crippen LogP contribution in [0.25, 0.3) is 0 Å². The number of rotatable bonds is 5. The second kappa shape index (κ2) is 6.02. The lowest BCUT2D eigenvalue weighted by molar-refractivity contribution is 0.0998. The van der Waals surface area contributed by atoms with E-state index in [0.29, 0.717) is 17.1 Å². The van der Waals surface area contributed by atoms with Gasteiger partial charge >= 0.3 is 0 Å². The molecule has 0 heterocycles. The molecule has 0 spiro atoms. The van der Waals surface area contributed by atoms with Gasteiger partial charge in [-0.15, -0.1) is 0 Å². The summed E-state index contributed by atoms with van der Waals surface area (Å²) in [6, 6.07) is 14.6. The molecule has 0 radical (unpaired) electrons. The van der Waals surface area contributed by atoms with Crippen LogP contribution in [0, 0.1) is 0 Å². The number of hydrogen-bond donors (Lipinski definition) is 2. The number of primary amides is 1. The highest BCUT2D eigenvalue weighted by molar-refractivity contribution is 5.95. The molecule has 3 N–H and O–H groups in total. The molecule has 19 heavy (non-hydrogen) atoms. The fourth-order valence-corrected chi connectivity index (χ4v) is 1.77. The highest BCUT2D eigenvalue weighted by Gasteiger charge is 2.08. The zero-order valence-electron chi connectivity index (χ0n) is 10.7. The molecule has 4 nitrogen and oxygen atoms in total. The smallest absolute Gasteiger partial charge is 0.252 e. The molecule has 0 aliphatic carbocycles. The number of hydrogen-bond acceptors (Lipinski definition) is 3. The third kappa shape index (κ3) is 3.33. The second-order valence-corrected chi connectivity index (χ2v) is 4.14. The molecule has 0 bridgehead atoms. The van der Waals surface area contributed by atoms with E-state index in [1.54, 1.807) is 24.3 Å². The van der Waals surface area contributed by atoms with Gasteiger partial charge in [-0.05, 0) is 36.9 Å². The average Bonchev–Trinajstić information content (AvgIpc) is 2.42. The van der Waals surface area contributed by atoms with Crippen molar-refractivity contribution in [1.29, 1.82) is 0 Å². The molecule has 4 heteroatoms. The van der Waals surface area contributed by atoms with Crippen molar-refractivity contribution >= 4 is 5.91 Å². The monoisotopic (exact) mass is 256 g/mol. The van der Waals surface area contributed by atoms with E-state index in [-0.39, 0.29) is 0 Å². The van der Waals surface area contributed by atoms with Crippen LogP contribution in [0.3, 0.4) is 0 Å². The Kier molecular flexibility index (Phi) is 4.15. The first-order valence-corrected chi connectivity index (χ1v) is 6.01. The lowest BCUT2D eigenvalue weighted by Gasteiger charge is -2.09. The maximum absolute atomic E-state index is 11.3. The summed E-state index contributed by atoms with van der Waals surface area (Å²) in [4.78, 5) is 11.3. The molecule has 0 aliphatic rings. The Bertz CT molecular complexity index is 565. The molecule has 0 saturated heterocycles. The Hall–Kier alpha value is -2.33. The molecule has 0 atom stereocenters. The van der Waals surface area contributed by atoms with Crippen LogP contribution >= 0.6 is 0 Å². The molecule has 0 aliphatic heterocycles. The molecule has 0 fully saturated rings. The first-order valence-electron chi connectivity index (χ1n) is 6.01. The van der Waals surface area contributed by atoms with Gasteiger partial charge in [0.1, 0.15) is 11.5 Å². The van der Waals surface area contributed by atoms with Gasteiger partial charge in [-0.25, -0.2) is 0 Å². The Morgan fingerprint density at radius 2 is 1.84 bits per heavy atom. The Morgan fingerprint density at radius 1 is 1.16 bits per heavy atom. The summed E-state index contributed by atoms with van der Waals surface area (Å²) in [6.07, 6.45) is 0. The van der Waals surface area contributed by atoms with Crippen LogP contribution in [0.4, 0.5) is 0 Å². The molecule has 0 aromatic heterocycles. The van der Waals surface area contributed by atoms with Crippen LogP contribution in [-0.2, 0) is 6.54 Å². The van der Waals surface area contributed by atoms with Gasteiger partial charge in [-0.2, -0.15) is 0 Å². The molecule has 2 rings (SSSR count). The second-order valence-electron chi connectivity index (χ2n) is 4.14. The predicted octanol–water partition coefficient (Wildman–Crippen LogP) is 2.30. The van der Waals surface area contributed by atoms with Gasteiger partial charge in [-0.1, -0.05) is 24.3 Å². The summed E-state index contributed by atoms with van der Waals surface area (Å²) in [7, 11) is 1.90. The molecule has 2 aromatic rings. The molecule has 0 unspecified atom stereocenters. The number of benzene rings is 2. The van der Waals surface area contributed by atoms with Crippen molar-refractivity contribution in [2.24, 2.45) is 5.73 Å². The zero-order valence-corrected chi connectivity index (χ0v) is 10.7. The van der Waals surface area contributed by atoms with Crippen LogP contribution in [0.2, 0.25) is 0 Å². The lowest BCUT2D eigenvalue weighted by atomic mass is 10.2. The third-order valence-corrected chi connectivity index (χ3v) is 2.68. The quantitative estimate of drug-likeness (QED) is 0.862. The maximum atomic E-state index is 11.3. The molecule has 0 saturated carbocycles. The van der Waals surface area contributed by atoms with Crippen molar-refractivity contribution in [1.82, 2.24) is 5.32 Å². The lowest BCUT2D eigenvalue weighted by Crippen LogP contribution is -2.12. The first kappa shape index (κ1) is 13.1. The normalized spacial score (nSPS) is 10.2. The van der Waals surface area contributed by atoms with E-state index in [0.717, 1.165) is 12.1 Å². The fraction of sp³-hybridized carbons (Fsp3) is 0.133.